The van der Waals surface area contributed by atoms with Crippen LogP contribution in [0.15, 0.2) is 39.9 Å². The van der Waals surface area contributed by atoms with Gasteiger partial charge in [-0.2, -0.15) is 5.10 Å². The Balaban J connectivity index is 2.07. The van der Waals surface area contributed by atoms with Gasteiger partial charge in [-0.05, 0) is 65.5 Å². The summed E-state index contributed by atoms with van der Waals surface area (Å²) >= 11 is 15.5. The number of halogens is 3. The maximum Gasteiger partial charge on any atom is 0.262 e. The highest BCUT2D eigenvalue weighted by Crippen LogP contribution is 2.32. The highest BCUT2D eigenvalue weighted by atomic mass is 79.9. The second-order valence-corrected chi connectivity index (χ2v) is 9.69. The Hall–Kier alpha value is -2.49. The number of hydrazone groups is 1. The highest BCUT2D eigenvalue weighted by molar-refractivity contribution is 9.10. The molecule has 0 heterocycles. The van der Waals surface area contributed by atoms with Crippen LogP contribution in [0.3, 0.4) is 0 Å². The quantitative estimate of drug-likeness (QED) is 0.277. The first-order valence-electron chi connectivity index (χ1n) is 10.7. The highest BCUT2D eigenvalue weighted by Gasteiger charge is 2.25. The van der Waals surface area contributed by atoms with E-state index in [4.69, 9.17) is 37.4 Å². The molecule has 2 N–H and O–H groups in total. The SMILES string of the molecule is COc1cc(Br)c(/C=N\NC(=O)[C@H](CC(C)C)NC(=O)[C@@H](C)Oc2ccc(Cl)cc2Cl)cc1OC. The first kappa shape index (κ1) is 28.7. The molecule has 0 saturated carbocycles. The molecule has 0 spiro atoms. The third kappa shape index (κ3) is 8.59. The van der Waals surface area contributed by atoms with Gasteiger partial charge in [-0.3, -0.25) is 9.59 Å². The van der Waals surface area contributed by atoms with Crippen LogP contribution in [-0.2, 0) is 9.59 Å². The summed E-state index contributed by atoms with van der Waals surface area (Å²) < 4.78 is 16.9. The number of hydrogen-bond donors (Lipinski definition) is 2. The van der Waals surface area contributed by atoms with Crippen molar-refractivity contribution in [1.29, 1.82) is 0 Å². The van der Waals surface area contributed by atoms with Crippen molar-refractivity contribution < 1.29 is 23.8 Å². The fourth-order valence-electron chi connectivity index (χ4n) is 3.02. The molecule has 0 aromatic heterocycles. The lowest BCUT2D eigenvalue weighted by Gasteiger charge is -2.22. The topological polar surface area (TPSA) is 98.2 Å². The van der Waals surface area contributed by atoms with Gasteiger partial charge in [0.15, 0.2) is 17.6 Å². The van der Waals surface area contributed by atoms with Crippen molar-refractivity contribution in [3.05, 3.63) is 50.4 Å². The smallest absolute Gasteiger partial charge is 0.262 e. The number of amides is 2. The molecule has 2 aromatic carbocycles. The van der Waals surface area contributed by atoms with Crippen molar-refractivity contribution in [2.45, 2.75) is 39.3 Å². The molecule has 2 atom stereocenters. The van der Waals surface area contributed by atoms with E-state index >= 15 is 0 Å². The molecule has 2 rings (SSSR count). The molecule has 2 aromatic rings. The lowest BCUT2D eigenvalue weighted by atomic mass is 10.0. The number of benzene rings is 2. The van der Waals surface area contributed by atoms with Gasteiger partial charge in [-0.15, -0.1) is 0 Å². The van der Waals surface area contributed by atoms with E-state index in [1.807, 2.05) is 13.8 Å². The molecule has 0 saturated heterocycles. The molecule has 11 heteroatoms. The Morgan fingerprint density at radius 1 is 1.03 bits per heavy atom. The van der Waals surface area contributed by atoms with Gasteiger partial charge < -0.3 is 19.5 Å². The van der Waals surface area contributed by atoms with Gasteiger partial charge in [0.2, 0.25) is 0 Å². The van der Waals surface area contributed by atoms with Crippen LogP contribution in [0.5, 0.6) is 17.2 Å². The van der Waals surface area contributed by atoms with Gasteiger partial charge in [0, 0.05) is 15.1 Å². The minimum Gasteiger partial charge on any atom is -0.493 e. The van der Waals surface area contributed by atoms with Gasteiger partial charge in [-0.1, -0.05) is 37.0 Å². The van der Waals surface area contributed by atoms with Crippen molar-refractivity contribution in [3.63, 3.8) is 0 Å². The Bertz CT molecular complexity index is 1080. The van der Waals surface area contributed by atoms with Crippen molar-refractivity contribution >= 4 is 57.2 Å². The summed E-state index contributed by atoms with van der Waals surface area (Å²) in [4.78, 5) is 25.6. The van der Waals surface area contributed by atoms with E-state index in [2.05, 4.69) is 31.8 Å². The molecular formula is C24H28BrCl2N3O5. The Morgan fingerprint density at radius 2 is 1.69 bits per heavy atom. The number of carbonyl (C=O) groups excluding carboxylic acids is 2. The van der Waals surface area contributed by atoms with Crippen molar-refractivity contribution in [2.75, 3.05) is 14.2 Å². The van der Waals surface area contributed by atoms with Gasteiger partial charge >= 0.3 is 0 Å². The normalized spacial score (nSPS) is 12.8. The summed E-state index contributed by atoms with van der Waals surface area (Å²) in [5.41, 5.74) is 3.15. The second-order valence-electron chi connectivity index (χ2n) is 7.99. The van der Waals surface area contributed by atoms with Gasteiger partial charge in [0.1, 0.15) is 11.8 Å². The maximum absolute atomic E-state index is 12.8. The molecule has 0 aliphatic rings. The van der Waals surface area contributed by atoms with Crippen molar-refractivity contribution in [2.24, 2.45) is 11.0 Å². The van der Waals surface area contributed by atoms with E-state index in [1.54, 1.807) is 31.2 Å². The van der Waals surface area contributed by atoms with Crippen molar-refractivity contribution in [3.8, 4) is 17.2 Å². The summed E-state index contributed by atoms with van der Waals surface area (Å²) in [5, 5.41) is 7.50. The lowest BCUT2D eigenvalue weighted by molar-refractivity contribution is -0.132. The molecule has 190 valence electrons. The largest absolute Gasteiger partial charge is 0.493 e. The van der Waals surface area contributed by atoms with E-state index in [0.29, 0.717) is 38.7 Å². The third-order valence-electron chi connectivity index (χ3n) is 4.79. The molecule has 0 fully saturated rings. The minimum atomic E-state index is -0.901. The molecule has 8 nitrogen and oxygen atoms in total. The predicted octanol–water partition coefficient (Wildman–Crippen LogP) is 5.22. The first-order valence-corrected chi connectivity index (χ1v) is 12.3. The van der Waals surface area contributed by atoms with Crippen LogP contribution in [0.4, 0.5) is 0 Å². The zero-order chi connectivity index (χ0) is 26.1. The van der Waals surface area contributed by atoms with Crippen LogP contribution in [0.1, 0.15) is 32.8 Å². The van der Waals surface area contributed by atoms with E-state index < -0.39 is 24.0 Å². The molecule has 0 radical (unpaired) electrons. The zero-order valence-electron chi connectivity index (χ0n) is 20.0. The lowest BCUT2D eigenvalue weighted by Crippen LogP contribution is -2.49. The monoisotopic (exact) mass is 587 g/mol. The van der Waals surface area contributed by atoms with Crippen LogP contribution >= 0.6 is 39.1 Å². The number of hydrogen-bond acceptors (Lipinski definition) is 6. The summed E-state index contributed by atoms with van der Waals surface area (Å²) in [6.45, 7) is 5.46. The summed E-state index contributed by atoms with van der Waals surface area (Å²) in [6, 6.07) is 7.34. The Morgan fingerprint density at radius 3 is 2.29 bits per heavy atom. The summed E-state index contributed by atoms with van der Waals surface area (Å²) in [7, 11) is 3.07. The van der Waals surface area contributed by atoms with E-state index in [-0.39, 0.29) is 10.9 Å². The standard InChI is InChI=1S/C24H28BrCl2N3O5/c1-13(2)8-19(29-23(31)14(3)35-20-7-6-16(26)10-18(20)27)24(32)30-28-12-15-9-21(33-4)22(34-5)11-17(15)25/h6-7,9-14,19H,8H2,1-5H3,(H,29,31)(H,30,32)/b28-12-/t14-,19+/m1/s1. The average Bonchev–Trinajstić information content (AvgIpc) is 2.80. The Labute approximate surface area is 223 Å². The van der Waals surface area contributed by atoms with Crippen LogP contribution in [-0.4, -0.2) is 44.4 Å². The number of nitrogens with zero attached hydrogens (tertiary/aromatic N) is 1. The number of carbonyl (C=O) groups is 2. The predicted molar refractivity (Wildman–Crippen MR) is 141 cm³/mol. The fraction of sp³-hybridized carbons (Fsp3) is 0.375. The molecule has 0 aliphatic carbocycles. The van der Waals surface area contributed by atoms with Crippen LogP contribution < -0.4 is 25.0 Å². The number of methoxy groups -OCH3 is 2. The summed E-state index contributed by atoms with van der Waals surface area (Å²) in [5.74, 6) is 0.588. The number of nitrogens with one attached hydrogen (secondary N) is 2. The van der Waals surface area contributed by atoms with E-state index in [1.165, 1.54) is 26.5 Å². The minimum absolute atomic E-state index is 0.136. The van der Waals surface area contributed by atoms with Crippen LogP contribution in [0, 0.1) is 5.92 Å². The fourth-order valence-corrected chi connectivity index (χ4v) is 3.90. The van der Waals surface area contributed by atoms with Crippen LogP contribution in [0.2, 0.25) is 10.0 Å². The molecule has 35 heavy (non-hydrogen) atoms. The first-order chi connectivity index (χ1) is 16.5. The summed E-state index contributed by atoms with van der Waals surface area (Å²) in [6.07, 6.45) is 0.968. The van der Waals surface area contributed by atoms with E-state index in [0.717, 1.165) is 0 Å². The van der Waals surface area contributed by atoms with Gasteiger partial charge in [0.25, 0.3) is 11.8 Å². The molecule has 0 aliphatic heterocycles. The molecule has 2 amide bonds. The second kappa shape index (κ2) is 13.6. The zero-order valence-corrected chi connectivity index (χ0v) is 23.1. The van der Waals surface area contributed by atoms with Crippen molar-refractivity contribution in [1.82, 2.24) is 10.7 Å². The van der Waals surface area contributed by atoms with Crippen LogP contribution in [0.25, 0.3) is 0 Å². The van der Waals surface area contributed by atoms with E-state index in [9.17, 15) is 9.59 Å². The average molecular weight is 589 g/mol. The van der Waals surface area contributed by atoms with Gasteiger partial charge in [0.05, 0.1) is 25.5 Å². The molecule has 0 unspecified atom stereocenters. The maximum atomic E-state index is 12.8. The van der Waals surface area contributed by atoms with Gasteiger partial charge in [-0.25, -0.2) is 5.43 Å². The molecular weight excluding hydrogens is 561 g/mol. The number of rotatable bonds is 11. The third-order valence-corrected chi connectivity index (χ3v) is 6.01. The Kier molecular flexibility index (Phi) is 11.1. The number of ether oxygens (including phenoxy) is 3. The molecule has 0 bridgehead atoms.